The summed E-state index contributed by atoms with van der Waals surface area (Å²) in [5, 5.41) is 8.56. The monoisotopic (exact) mass is 218 g/mol. The highest BCUT2D eigenvalue weighted by atomic mass is 17.7. The standard InChI is InChI=1S/C9H14O6/c10-7-8-11-9(13-15-14-12-8)5-3-1-2-4-6-9/h7-8H,1-6H2. The van der Waals surface area contributed by atoms with Gasteiger partial charge in [0.2, 0.25) is 5.79 Å². The Morgan fingerprint density at radius 2 is 1.80 bits per heavy atom. The molecule has 0 radical (unpaired) electrons. The predicted molar refractivity (Wildman–Crippen MR) is 45.7 cm³/mol. The van der Waals surface area contributed by atoms with E-state index in [0.29, 0.717) is 19.1 Å². The van der Waals surface area contributed by atoms with Crippen molar-refractivity contribution in [3.05, 3.63) is 0 Å². The summed E-state index contributed by atoms with van der Waals surface area (Å²) in [5.74, 6) is -0.904. The molecule has 0 aromatic heterocycles. The van der Waals surface area contributed by atoms with Crippen molar-refractivity contribution in [2.24, 2.45) is 0 Å². The second kappa shape index (κ2) is 5.00. The molecule has 6 nitrogen and oxygen atoms in total. The molecule has 0 aromatic carbocycles. The summed E-state index contributed by atoms with van der Waals surface area (Å²) >= 11 is 0. The number of hydrogen-bond donors (Lipinski definition) is 0. The Morgan fingerprint density at radius 1 is 1.07 bits per heavy atom. The van der Waals surface area contributed by atoms with Gasteiger partial charge in [0.25, 0.3) is 6.29 Å². The fourth-order valence-electron chi connectivity index (χ4n) is 1.90. The number of ether oxygens (including phenoxy) is 1. The molecule has 6 heteroatoms. The summed E-state index contributed by atoms with van der Waals surface area (Å²) in [6.07, 6.45) is 4.94. The van der Waals surface area contributed by atoms with Crippen LogP contribution in [0.5, 0.6) is 0 Å². The summed E-state index contributed by atoms with van der Waals surface area (Å²) in [5.41, 5.74) is 0. The predicted octanol–water partition coefficient (Wildman–Crippen LogP) is 1.40. The number of hydrogen-bond acceptors (Lipinski definition) is 6. The second-order valence-corrected chi connectivity index (χ2v) is 3.76. The van der Waals surface area contributed by atoms with E-state index in [2.05, 4.69) is 15.0 Å². The molecule has 1 saturated carbocycles. The maximum Gasteiger partial charge on any atom is 0.253 e. The molecule has 0 N–H and O–H groups in total. The molecule has 0 bridgehead atoms. The molecule has 1 heterocycles. The Morgan fingerprint density at radius 3 is 2.47 bits per heavy atom. The van der Waals surface area contributed by atoms with Crippen molar-refractivity contribution >= 4 is 6.29 Å². The van der Waals surface area contributed by atoms with Crippen LogP contribution in [0.2, 0.25) is 0 Å². The van der Waals surface area contributed by atoms with Gasteiger partial charge in [-0.25, -0.2) is 0 Å². The normalized spacial score (nSPS) is 31.9. The van der Waals surface area contributed by atoms with Crippen LogP contribution in [0.3, 0.4) is 0 Å². The van der Waals surface area contributed by atoms with Crippen LogP contribution in [0.1, 0.15) is 38.5 Å². The van der Waals surface area contributed by atoms with Gasteiger partial charge in [0.05, 0.1) is 0 Å². The first-order valence-electron chi connectivity index (χ1n) is 5.16. The van der Waals surface area contributed by atoms with Gasteiger partial charge in [-0.2, -0.15) is 9.78 Å². The van der Waals surface area contributed by atoms with Crippen molar-refractivity contribution in [3.8, 4) is 0 Å². The van der Waals surface area contributed by atoms with Gasteiger partial charge in [-0.05, 0) is 22.9 Å². The van der Waals surface area contributed by atoms with Crippen molar-refractivity contribution in [1.29, 1.82) is 0 Å². The lowest BCUT2D eigenvalue weighted by Gasteiger charge is -2.28. The Hall–Kier alpha value is -0.530. The number of carbonyl (C=O) groups excluding carboxylic acids is 1. The first-order chi connectivity index (χ1) is 7.35. The summed E-state index contributed by atoms with van der Waals surface area (Å²) < 4.78 is 5.41. The van der Waals surface area contributed by atoms with E-state index in [-0.39, 0.29) is 0 Å². The maximum atomic E-state index is 10.6. The van der Waals surface area contributed by atoms with E-state index in [1.807, 2.05) is 0 Å². The highest BCUT2D eigenvalue weighted by Crippen LogP contribution is 2.34. The summed E-state index contributed by atoms with van der Waals surface area (Å²) in [4.78, 5) is 20.1. The summed E-state index contributed by atoms with van der Waals surface area (Å²) in [7, 11) is 0. The van der Waals surface area contributed by atoms with Gasteiger partial charge < -0.3 is 4.74 Å². The van der Waals surface area contributed by atoms with E-state index in [0.717, 1.165) is 25.7 Å². The van der Waals surface area contributed by atoms with Crippen LogP contribution in [0.15, 0.2) is 0 Å². The molecule has 2 aliphatic rings. The van der Waals surface area contributed by atoms with Gasteiger partial charge in [-0.3, -0.25) is 4.79 Å². The van der Waals surface area contributed by atoms with Crippen LogP contribution in [0, 0.1) is 0 Å². The van der Waals surface area contributed by atoms with E-state index in [9.17, 15) is 4.79 Å². The van der Waals surface area contributed by atoms with Gasteiger partial charge >= 0.3 is 0 Å². The molecule has 0 aromatic rings. The summed E-state index contributed by atoms with van der Waals surface area (Å²) in [6.45, 7) is 0. The number of carbonyl (C=O) groups is 1. The van der Waals surface area contributed by atoms with Crippen molar-refractivity contribution in [2.75, 3.05) is 0 Å². The summed E-state index contributed by atoms with van der Waals surface area (Å²) in [6, 6.07) is 0. The van der Waals surface area contributed by atoms with Gasteiger partial charge in [0, 0.05) is 12.8 Å². The molecule has 15 heavy (non-hydrogen) atoms. The number of rotatable bonds is 1. The largest absolute Gasteiger partial charge is 0.308 e. The van der Waals surface area contributed by atoms with E-state index in [4.69, 9.17) is 9.62 Å². The Labute approximate surface area is 87.2 Å². The highest BCUT2D eigenvalue weighted by molar-refractivity contribution is 5.53. The van der Waals surface area contributed by atoms with Crippen LogP contribution in [0.4, 0.5) is 0 Å². The van der Waals surface area contributed by atoms with Crippen LogP contribution < -0.4 is 0 Å². The molecule has 1 aliphatic heterocycles. The lowest BCUT2D eigenvalue weighted by Crippen LogP contribution is -2.38. The molecule has 1 aliphatic carbocycles. The topological polar surface area (TPSA) is 63.2 Å². The molecule has 1 unspecified atom stereocenters. The minimum atomic E-state index is -1.09. The third kappa shape index (κ3) is 2.73. The van der Waals surface area contributed by atoms with Crippen molar-refractivity contribution in [3.63, 3.8) is 0 Å². The average Bonchev–Trinajstić information content (AvgIpc) is 2.60. The van der Waals surface area contributed by atoms with E-state index in [1.54, 1.807) is 0 Å². The Bertz CT molecular complexity index is 205. The molecule has 1 spiro atoms. The fraction of sp³-hybridized carbons (Fsp3) is 0.889. The molecule has 2 rings (SSSR count). The lowest BCUT2D eigenvalue weighted by atomic mass is 10.1. The molecule has 86 valence electrons. The minimum Gasteiger partial charge on any atom is -0.308 e. The third-order valence-corrected chi connectivity index (χ3v) is 2.66. The first-order valence-corrected chi connectivity index (χ1v) is 5.16. The zero-order chi connectivity index (χ0) is 10.6. The molecule has 0 amide bonds. The average molecular weight is 218 g/mol. The van der Waals surface area contributed by atoms with Gasteiger partial charge in [-0.1, -0.05) is 12.8 Å². The number of aldehydes is 1. The zero-order valence-electron chi connectivity index (χ0n) is 8.35. The van der Waals surface area contributed by atoms with E-state index in [1.165, 1.54) is 0 Å². The van der Waals surface area contributed by atoms with Crippen LogP contribution in [-0.4, -0.2) is 18.4 Å². The first kappa shape index (κ1) is 11.0. The van der Waals surface area contributed by atoms with E-state index < -0.39 is 12.1 Å². The molecular weight excluding hydrogens is 204 g/mol. The van der Waals surface area contributed by atoms with E-state index >= 15 is 0 Å². The zero-order valence-corrected chi connectivity index (χ0v) is 8.35. The van der Waals surface area contributed by atoms with Gasteiger partial charge in [-0.15, -0.1) is 0 Å². The van der Waals surface area contributed by atoms with Gasteiger partial charge in [0.1, 0.15) is 0 Å². The SMILES string of the molecule is O=CC1OOOOC2(CCCCCC2)O1. The maximum absolute atomic E-state index is 10.6. The van der Waals surface area contributed by atoms with Crippen molar-refractivity contribution in [1.82, 2.24) is 0 Å². The molecular formula is C9H14O6. The van der Waals surface area contributed by atoms with Crippen molar-refractivity contribution < 1.29 is 29.4 Å². The second-order valence-electron chi connectivity index (χ2n) is 3.76. The fourth-order valence-corrected chi connectivity index (χ4v) is 1.90. The van der Waals surface area contributed by atoms with Crippen molar-refractivity contribution in [2.45, 2.75) is 50.6 Å². The van der Waals surface area contributed by atoms with Gasteiger partial charge in [0.15, 0.2) is 6.29 Å². The Kier molecular flexibility index (Phi) is 3.66. The van der Waals surface area contributed by atoms with Crippen LogP contribution in [0.25, 0.3) is 0 Å². The minimum absolute atomic E-state index is 0.505. The van der Waals surface area contributed by atoms with Crippen LogP contribution in [-0.2, 0) is 29.4 Å². The molecule has 1 saturated heterocycles. The van der Waals surface area contributed by atoms with Crippen LogP contribution >= 0.6 is 0 Å². The lowest BCUT2D eigenvalue weighted by molar-refractivity contribution is -0.641. The Balaban J connectivity index is 2.04. The highest BCUT2D eigenvalue weighted by Gasteiger charge is 2.40. The quantitative estimate of drug-likeness (QED) is 0.489. The smallest absolute Gasteiger partial charge is 0.253 e. The molecule has 1 atom stereocenters. The third-order valence-electron chi connectivity index (χ3n) is 2.66. The molecule has 2 fully saturated rings.